The smallest absolute Gasteiger partial charge is 0.174 e. The van der Waals surface area contributed by atoms with E-state index in [0.29, 0.717) is 0 Å². The number of nitrogens with two attached hydrogens (primary N) is 1. The molecule has 0 bridgehead atoms. The predicted molar refractivity (Wildman–Crippen MR) is 46.9 cm³/mol. The lowest BCUT2D eigenvalue weighted by atomic mass is 10.2. The van der Waals surface area contributed by atoms with Gasteiger partial charge in [0.25, 0.3) is 0 Å². The molecule has 0 aliphatic rings. The summed E-state index contributed by atoms with van der Waals surface area (Å²) in [5.41, 5.74) is 5.38. The van der Waals surface area contributed by atoms with Gasteiger partial charge in [-0.1, -0.05) is 17.9 Å². The highest BCUT2D eigenvalue weighted by molar-refractivity contribution is 5.36. The third-order valence-electron chi connectivity index (χ3n) is 1.39. The lowest BCUT2D eigenvalue weighted by Crippen LogP contribution is -2.11. The van der Waals surface area contributed by atoms with E-state index in [2.05, 4.69) is 11.8 Å². The number of hydrogen-bond donors (Lipinski definition) is 1. The summed E-state index contributed by atoms with van der Waals surface area (Å²) in [6.45, 7) is 1.67. The fourth-order valence-corrected chi connectivity index (χ4v) is 0.792. The van der Waals surface area contributed by atoms with Gasteiger partial charge in [-0.3, -0.25) is 0 Å². The summed E-state index contributed by atoms with van der Waals surface area (Å²) >= 11 is 0. The Morgan fingerprint density at radius 1 is 1.38 bits per heavy atom. The lowest BCUT2D eigenvalue weighted by molar-refractivity contribution is 0.506. The Balaban J connectivity index is 3.04. The molecule has 0 saturated heterocycles. The van der Waals surface area contributed by atoms with Gasteiger partial charge in [-0.05, 0) is 19.1 Å². The normalized spacial score (nSPS) is 11.7. The molecule has 1 nitrogen and oxygen atoms in total. The second-order valence-corrected chi connectivity index (χ2v) is 2.66. The minimum Gasteiger partial charge on any atom is -0.318 e. The van der Waals surface area contributed by atoms with Crippen molar-refractivity contribution in [3.8, 4) is 11.8 Å². The van der Waals surface area contributed by atoms with Crippen LogP contribution >= 0.6 is 0 Å². The minimum atomic E-state index is -0.921. The highest BCUT2D eigenvalue weighted by Gasteiger charge is 2.04. The molecule has 0 spiro atoms. The van der Waals surface area contributed by atoms with E-state index < -0.39 is 11.6 Å². The van der Waals surface area contributed by atoms with Crippen LogP contribution in [0.1, 0.15) is 12.5 Å². The van der Waals surface area contributed by atoms with Gasteiger partial charge in [0, 0.05) is 0 Å². The molecule has 68 valence electrons. The monoisotopic (exact) mass is 181 g/mol. The van der Waals surface area contributed by atoms with E-state index >= 15 is 0 Å². The maximum absolute atomic E-state index is 12.9. The highest BCUT2D eigenvalue weighted by Crippen LogP contribution is 2.09. The van der Waals surface area contributed by atoms with Gasteiger partial charge in [0.1, 0.15) is 0 Å². The molecule has 1 atom stereocenters. The molecule has 13 heavy (non-hydrogen) atoms. The van der Waals surface area contributed by atoms with Crippen LogP contribution in [0.25, 0.3) is 0 Å². The van der Waals surface area contributed by atoms with Crippen LogP contribution in [0.5, 0.6) is 0 Å². The molecule has 0 saturated carbocycles. The molecular formula is C10H9F2N. The number of hydrogen-bond acceptors (Lipinski definition) is 1. The first kappa shape index (κ1) is 9.69. The average Bonchev–Trinajstić information content (AvgIpc) is 2.07. The molecule has 1 aromatic rings. The van der Waals surface area contributed by atoms with Gasteiger partial charge in [0.15, 0.2) is 11.6 Å². The maximum atomic E-state index is 12.9. The second kappa shape index (κ2) is 4.01. The summed E-state index contributed by atoms with van der Waals surface area (Å²) in [7, 11) is 0. The Labute approximate surface area is 75.6 Å². The Morgan fingerprint density at radius 3 is 2.69 bits per heavy atom. The van der Waals surface area contributed by atoms with Crippen molar-refractivity contribution in [2.24, 2.45) is 5.73 Å². The summed E-state index contributed by atoms with van der Waals surface area (Å²) in [4.78, 5) is 0. The SMILES string of the molecule is CC(N)C#Cc1cccc(F)c1F. The topological polar surface area (TPSA) is 26.0 Å². The van der Waals surface area contributed by atoms with Crippen molar-refractivity contribution in [3.05, 3.63) is 35.4 Å². The average molecular weight is 181 g/mol. The molecule has 0 radical (unpaired) electrons. The Bertz CT molecular complexity index is 361. The molecule has 2 N–H and O–H groups in total. The number of halogens is 2. The van der Waals surface area contributed by atoms with Crippen LogP contribution in [0.15, 0.2) is 18.2 Å². The van der Waals surface area contributed by atoms with Gasteiger partial charge in [-0.15, -0.1) is 0 Å². The molecule has 0 aromatic heterocycles. The Hall–Kier alpha value is -1.40. The summed E-state index contributed by atoms with van der Waals surface area (Å²) in [6, 6.07) is 3.52. The van der Waals surface area contributed by atoms with Gasteiger partial charge in [0.05, 0.1) is 11.6 Å². The quantitative estimate of drug-likeness (QED) is 0.605. The van der Waals surface area contributed by atoms with Crippen LogP contribution in [-0.2, 0) is 0 Å². The van der Waals surface area contributed by atoms with E-state index in [9.17, 15) is 8.78 Å². The minimum absolute atomic E-state index is 0.0392. The number of benzene rings is 1. The zero-order valence-corrected chi connectivity index (χ0v) is 7.14. The Kier molecular flexibility index (Phi) is 2.99. The fraction of sp³-hybridized carbons (Fsp3) is 0.200. The highest BCUT2D eigenvalue weighted by atomic mass is 19.2. The van der Waals surface area contributed by atoms with Crippen molar-refractivity contribution in [3.63, 3.8) is 0 Å². The van der Waals surface area contributed by atoms with Crippen molar-refractivity contribution < 1.29 is 8.78 Å². The molecule has 1 rings (SSSR count). The first-order chi connectivity index (χ1) is 6.11. The summed E-state index contributed by atoms with van der Waals surface area (Å²) < 4.78 is 25.6. The Morgan fingerprint density at radius 2 is 2.08 bits per heavy atom. The van der Waals surface area contributed by atoms with Gasteiger partial charge in [0.2, 0.25) is 0 Å². The van der Waals surface area contributed by atoms with E-state index in [1.54, 1.807) is 6.92 Å². The molecule has 0 aliphatic carbocycles. The first-order valence-corrected chi connectivity index (χ1v) is 3.82. The van der Waals surface area contributed by atoms with Crippen molar-refractivity contribution in [1.82, 2.24) is 0 Å². The van der Waals surface area contributed by atoms with Crippen LogP contribution in [0.2, 0.25) is 0 Å². The second-order valence-electron chi connectivity index (χ2n) is 2.66. The van der Waals surface area contributed by atoms with Gasteiger partial charge >= 0.3 is 0 Å². The summed E-state index contributed by atoms with van der Waals surface area (Å²) in [5.74, 6) is 3.20. The van der Waals surface area contributed by atoms with E-state index in [4.69, 9.17) is 5.73 Å². The number of rotatable bonds is 0. The van der Waals surface area contributed by atoms with Crippen LogP contribution in [0.4, 0.5) is 8.78 Å². The third-order valence-corrected chi connectivity index (χ3v) is 1.39. The molecular weight excluding hydrogens is 172 g/mol. The third kappa shape index (κ3) is 2.53. The fourth-order valence-electron chi connectivity index (χ4n) is 0.792. The van der Waals surface area contributed by atoms with E-state index in [1.165, 1.54) is 12.1 Å². The standard InChI is InChI=1S/C10H9F2N/c1-7(13)5-6-8-3-2-4-9(11)10(8)12/h2-4,7H,13H2,1H3. The van der Waals surface area contributed by atoms with Crippen molar-refractivity contribution >= 4 is 0 Å². The van der Waals surface area contributed by atoms with Crippen molar-refractivity contribution in [2.45, 2.75) is 13.0 Å². The summed E-state index contributed by atoms with van der Waals surface area (Å²) in [5, 5.41) is 0. The van der Waals surface area contributed by atoms with Crippen molar-refractivity contribution in [1.29, 1.82) is 0 Å². The van der Waals surface area contributed by atoms with Gasteiger partial charge in [-0.2, -0.15) is 0 Å². The molecule has 1 aromatic carbocycles. The molecule has 0 amide bonds. The molecule has 0 aliphatic heterocycles. The molecule has 1 unspecified atom stereocenters. The zero-order valence-electron chi connectivity index (χ0n) is 7.14. The van der Waals surface area contributed by atoms with Crippen LogP contribution in [-0.4, -0.2) is 6.04 Å². The first-order valence-electron chi connectivity index (χ1n) is 3.82. The zero-order chi connectivity index (χ0) is 9.84. The largest absolute Gasteiger partial charge is 0.318 e. The summed E-state index contributed by atoms with van der Waals surface area (Å²) in [6.07, 6.45) is 0. The van der Waals surface area contributed by atoms with Gasteiger partial charge in [-0.25, -0.2) is 8.78 Å². The van der Waals surface area contributed by atoms with Gasteiger partial charge < -0.3 is 5.73 Å². The molecule has 3 heteroatoms. The van der Waals surface area contributed by atoms with Crippen LogP contribution in [0.3, 0.4) is 0 Å². The van der Waals surface area contributed by atoms with E-state index in [-0.39, 0.29) is 11.6 Å². The predicted octanol–water partition coefficient (Wildman–Crippen LogP) is 1.66. The molecule has 0 heterocycles. The van der Waals surface area contributed by atoms with E-state index in [0.717, 1.165) is 6.07 Å². The van der Waals surface area contributed by atoms with Crippen LogP contribution < -0.4 is 5.73 Å². The lowest BCUT2D eigenvalue weighted by Gasteiger charge is -1.95. The maximum Gasteiger partial charge on any atom is 0.174 e. The molecule has 0 fully saturated rings. The van der Waals surface area contributed by atoms with Crippen molar-refractivity contribution in [2.75, 3.05) is 0 Å². The van der Waals surface area contributed by atoms with E-state index in [1.807, 2.05) is 0 Å². The van der Waals surface area contributed by atoms with Crippen LogP contribution in [0, 0.1) is 23.5 Å².